The molecule has 0 aromatic heterocycles. The third kappa shape index (κ3) is 3.00. The van der Waals surface area contributed by atoms with Gasteiger partial charge in [-0.25, -0.2) is 0 Å². The van der Waals surface area contributed by atoms with Crippen LogP contribution in [0.4, 0.5) is 0 Å². The van der Waals surface area contributed by atoms with E-state index in [0.29, 0.717) is 11.7 Å². The monoisotopic (exact) mass is 222 g/mol. The van der Waals surface area contributed by atoms with E-state index in [0.717, 1.165) is 17.5 Å². The molecule has 0 aliphatic heterocycles. The van der Waals surface area contributed by atoms with Crippen molar-refractivity contribution in [3.8, 4) is 0 Å². The lowest BCUT2D eigenvalue weighted by Gasteiger charge is -2.12. The van der Waals surface area contributed by atoms with Crippen LogP contribution in [0.15, 0.2) is 43.5 Å². The summed E-state index contributed by atoms with van der Waals surface area (Å²) in [4.78, 5) is 18.6. The molecule has 0 fully saturated rings. The maximum atomic E-state index is 9.28. The van der Waals surface area contributed by atoms with E-state index in [1.54, 1.807) is 12.1 Å². The molecule has 1 rings (SSSR count). The van der Waals surface area contributed by atoms with Crippen LogP contribution in [0.3, 0.4) is 0 Å². The van der Waals surface area contributed by atoms with Gasteiger partial charge >= 0.3 is 0 Å². The van der Waals surface area contributed by atoms with Gasteiger partial charge in [0.05, 0.1) is 0 Å². The Labute approximate surface area is 91.5 Å². The molecule has 0 bridgehead atoms. The Hall–Kier alpha value is -0.950. The Morgan fingerprint density at radius 2 is 1.80 bits per heavy atom. The third-order valence-corrected chi connectivity index (χ3v) is 3.03. The van der Waals surface area contributed by atoms with Gasteiger partial charge in [0.2, 0.25) is 0 Å². The quantitative estimate of drug-likeness (QED) is 0.591. The molecule has 0 saturated heterocycles. The van der Waals surface area contributed by atoms with Gasteiger partial charge in [-0.15, -0.1) is 13.2 Å². The molecule has 2 N–H and O–H groups in total. The zero-order valence-electron chi connectivity index (χ0n) is 8.56. The van der Waals surface area contributed by atoms with Gasteiger partial charge in [-0.3, -0.25) is 0 Å². The van der Waals surface area contributed by atoms with E-state index in [2.05, 4.69) is 13.2 Å². The van der Waals surface area contributed by atoms with E-state index < -0.39 is 8.38 Å². The first-order valence-electron chi connectivity index (χ1n) is 4.71. The summed E-state index contributed by atoms with van der Waals surface area (Å²) in [6, 6.07) is 5.56. The zero-order valence-corrected chi connectivity index (χ0v) is 9.45. The second-order valence-corrected chi connectivity index (χ2v) is 4.25. The minimum atomic E-state index is -2.04. The van der Waals surface area contributed by atoms with E-state index in [4.69, 9.17) is 0 Å². The lowest BCUT2D eigenvalue weighted by molar-refractivity contribution is 0.496. The Morgan fingerprint density at radius 1 is 1.13 bits per heavy atom. The Kier molecular flexibility index (Phi) is 4.70. The van der Waals surface area contributed by atoms with Crippen LogP contribution in [0, 0.1) is 0 Å². The Morgan fingerprint density at radius 3 is 2.33 bits per heavy atom. The predicted molar refractivity (Wildman–Crippen MR) is 65.2 cm³/mol. The van der Waals surface area contributed by atoms with Crippen molar-refractivity contribution in [3.05, 3.63) is 54.6 Å². The minimum Gasteiger partial charge on any atom is -0.347 e. The highest BCUT2D eigenvalue weighted by Gasteiger charge is 2.12. The number of benzene rings is 1. The first-order valence-corrected chi connectivity index (χ1v) is 5.95. The average Bonchev–Trinajstić information content (AvgIpc) is 2.21. The van der Waals surface area contributed by atoms with Crippen LogP contribution >= 0.6 is 8.38 Å². The van der Waals surface area contributed by atoms with Gasteiger partial charge in [-0.05, 0) is 30.0 Å². The fourth-order valence-electron chi connectivity index (χ4n) is 1.54. The molecule has 0 aliphatic rings. The molecule has 1 aromatic carbocycles. The summed E-state index contributed by atoms with van der Waals surface area (Å²) in [7, 11) is -2.04. The predicted octanol–water partition coefficient (Wildman–Crippen LogP) is 2.07. The summed E-state index contributed by atoms with van der Waals surface area (Å²) >= 11 is 0. The van der Waals surface area contributed by atoms with E-state index in [1.807, 2.05) is 18.2 Å². The molecule has 0 aliphatic carbocycles. The average molecular weight is 222 g/mol. The van der Waals surface area contributed by atoms with E-state index in [9.17, 15) is 9.79 Å². The molecule has 0 amide bonds. The van der Waals surface area contributed by atoms with Gasteiger partial charge in [0.25, 0.3) is 0 Å². The van der Waals surface area contributed by atoms with Crippen molar-refractivity contribution < 1.29 is 9.79 Å². The summed E-state index contributed by atoms with van der Waals surface area (Å²) in [5.74, 6) is 0. The molecule has 2 nitrogen and oxygen atoms in total. The van der Waals surface area contributed by atoms with Crippen LogP contribution in [0.2, 0.25) is 0 Å². The first kappa shape index (κ1) is 12.1. The van der Waals surface area contributed by atoms with Crippen LogP contribution < -0.4 is 5.30 Å². The highest BCUT2D eigenvalue weighted by atomic mass is 31.2. The van der Waals surface area contributed by atoms with E-state index in [1.165, 1.54) is 0 Å². The van der Waals surface area contributed by atoms with Crippen LogP contribution in [0.5, 0.6) is 0 Å². The van der Waals surface area contributed by atoms with Crippen LogP contribution in [0.1, 0.15) is 11.1 Å². The summed E-state index contributed by atoms with van der Waals surface area (Å²) < 4.78 is 0. The molecular formula is C12H15O2P. The number of allylic oxidation sites excluding steroid dienone is 2. The molecule has 0 saturated carbocycles. The normalized spacial score (nSPS) is 10.3. The van der Waals surface area contributed by atoms with E-state index >= 15 is 0 Å². The fraction of sp³-hybridized carbons (Fsp3) is 0.167. The highest BCUT2D eigenvalue weighted by molar-refractivity contribution is 7.54. The molecule has 1 aromatic rings. The van der Waals surface area contributed by atoms with Gasteiger partial charge in [-0.1, -0.05) is 24.3 Å². The molecule has 0 spiro atoms. The summed E-state index contributed by atoms with van der Waals surface area (Å²) in [6.45, 7) is 7.36. The van der Waals surface area contributed by atoms with Crippen molar-refractivity contribution in [2.45, 2.75) is 12.8 Å². The van der Waals surface area contributed by atoms with Crippen molar-refractivity contribution in [1.82, 2.24) is 0 Å². The minimum absolute atomic E-state index is 0.615. The summed E-state index contributed by atoms with van der Waals surface area (Å²) in [5.41, 5.74) is 2.04. The lowest BCUT2D eigenvalue weighted by atomic mass is 10.0. The lowest BCUT2D eigenvalue weighted by Crippen LogP contribution is -2.10. The number of hydrogen-bond acceptors (Lipinski definition) is 2. The largest absolute Gasteiger partial charge is 0.347 e. The molecule has 80 valence electrons. The first-order chi connectivity index (χ1) is 7.20. The second-order valence-electron chi connectivity index (χ2n) is 3.19. The van der Waals surface area contributed by atoms with Gasteiger partial charge in [0, 0.05) is 5.30 Å². The molecule has 0 unspecified atom stereocenters. The molecule has 0 radical (unpaired) electrons. The van der Waals surface area contributed by atoms with Crippen molar-refractivity contribution in [2.24, 2.45) is 0 Å². The SMILES string of the molecule is C=CCc1cccc(P(O)O)c1CC=C. The van der Waals surface area contributed by atoms with Crippen LogP contribution in [-0.2, 0) is 12.8 Å². The van der Waals surface area contributed by atoms with Gasteiger partial charge in [0.15, 0.2) is 8.38 Å². The fourth-order valence-corrected chi connectivity index (χ4v) is 2.23. The standard InChI is InChI=1S/C12H15O2P/c1-3-6-10-8-5-9-12(15(13)14)11(10)7-4-2/h3-5,8-9,13-14H,1-2,6-7H2. The molecular weight excluding hydrogens is 207 g/mol. The summed E-state index contributed by atoms with van der Waals surface area (Å²) in [6.07, 6.45) is 4.96. The third-order valence-electron chi connectivity index (χ3n) is 2.18. The van der Waals surface area contributed by atoms with Crippen molar-refractivity contribution in [1.29, 1.82) is 0 Å². The van der Waals surface area contributed by atoms with Crippen LogP contribution in [0.25, 0.3) is 0 Å². The zero-order chi connectivity index (χ0) is 11.3. The molecule has 0 heterocycles. The van der Waals surface area contributed by atoms with Gasteiger partial charge in [-0.2, -0.15) is 0 Å². The maximum Gasteiger partial charge on any atom is 0.199 e. The molecule has 3 heteroatoms. The summed E-state index contributed by atoms with van der Waals surface area (Å²) in [5, 5.41) is 0.615. The van der Waals surface area contributed by atoms with Crippen molar-refractivity contribution in [3.63, 3.8) is 0 Å². The van der Waals surface area contributed by atoms with Crippen molar-refractivity contribution in [2.75, 3.05) is 0 Å². The molecule has 15 heavy (non-hydrogen) atoms. The maximum absolute atomic E-state index is 9.28. The Bertz CT molecular complexity index is 359. The Balaban J connectivity index is 3.20. The molecule has 0 atom stereocenters. The smallest absolute Gasteiger partial charge is 0.199 e. The highest BCUT2D eigenvalue weighted by Crippen LogP contribution is 2.26. The van der Waals surface area contributed by atoms with Gasteiger partial charge in [0.1, 0.15) is 0 Å². The number of rotatable bonds is 5. The topological polar surface area (TPSA) is 40.5 Å². The second kappa shape index (κ2) is 5.82. The van der Waals surface area contributed by atoms with Crippen LogP contribution in [-0.4, -0.2) is 9.79 Å². The van der Waals surface area contributed by atoms with E-state index in [-0.39, 0.29) is 0 Å². The number of hydrogen-bond donors (Lipinski definition) is 2. The van der Waals surface area contributed by atoms with Gasteiger partial charge < -0.3 is 9.79 Å². The van der Waals surface area contributed by atoms with Crippen molar-refractivity contribution >= 4 is 13.7 Å².